The molecule has 116 valence electrons. The molecule has 1 atom stereocenters. The topological polar surface area (TPSA) is 130 Å². The summed E-state index contributed by atoms with van der Waals surface area (Å²) in [5.74, 6) is -1.26. The van der Waals surface area contributed by atoms with Gasteiger partial charge < -0.3 is 10.6 Å². The van der Waals surface area contributed by atoms with Crippen LogP contribution in [0.25, 0.3) is 0 Å². The Morgan fingerprint density at radius 1 is 1.41 bits per heavy atom. The molecule has 0 aromatic heterocycles. The molecule has 1 heterocycles. The second-order valence-electron chi connectivity index (χ2n) is 5.20. The first-order chi connectivity index (χ1) is 10.2. The van der Waals surface area contributed by atoms with Crippen molar-refractivity contribution >= 4 is 23.5 Å². The number of hydrogen-bond acceptors (Lipinski definition) is 5. The summed E-state index contributed by atoms with van der Waals surface area (Å²) < 4.78 is 0. The molecule has 9 nitrogen and oxygen atoms in total. The zero-order valence-corrected chi connectivity index (χ0v) is 11.9. The van der Waals surface area contributed by atoms with Crippen LogP contribution in [0.3, 0.4) is 0 Å². The smallest absolute Gasteiger partial charge is 0.322 e. The van der Waals surface area contributed by atoms with Crippen LogP contribution < -0.4 is 16.0 Å². The van der Waals surface area contributed by atoms with E-state index in [4.69, 9.17) is 0 Å². The average Bonchev–Trinajstić information content (AvgIpc) is 2.69. The number of urea groups is 1. The van der Waals surface area contributed by atoms with E-state index in [1.807, 2.05) is 0 Å². The van der Waals surface area contributed by atoms with Crippen LogP contribution in [0.1, 0.15) is 22.8 Å². The van der Waals surface area contributed by atoms with Gasteiger partial charge in [0.1, 0.15) is 11.1 Å². The van der Waals surface area contributed by atoms with Gasteiger partial charge in [0.2, 0.25) is 0 Å². The number of imide groups is 1. The van der Waals surface area contributed by atoms with Gasteiger partial charge >= 0.3 is 6.03 Å². The Bertz CT molecular complexity index is 687. The average molecular weight is 306 g/mol. The first-order valence-corrected chi connectivity index (χ1v) is 6.40. The Labute approximate surface area is 125 Å². The van der Waals surface area contributed by atoms with Crippen LogP contribution in [-0.4, -0.2) is 34.9 Å². The molecule has 22 heavy (non-hydrogen) atoms. The summed E-state index contributed by atoms with van der Waals surface area (Å²) in [5, 5.41) is 17.8. The zero-order valence-electron chi connectivity index (χ0n) is 11.9. The van der Waals surface area contributed by atoms with Crippen molar-refractivity contribution in [3.8, 4) is 0 Å². The van der Waals surface area contributed by atoms with Crippen molar-refractivity contribution in [1.82, 2.24) is 16.0 Å². The van der Waals surface area contributed by atoms with Crippen LogP contribution in [0.5, 0.6) is 0 Å². The summed E-state index contributed by atoms with van der Waals surface area (Å²) in [5.41, 5.74) is -1.02. The molecule has 9 heteroatoms. The van der Waals surface area contributed by atoms with Gasteiger partial charge in [0.25, 0.3) is 17.5 Å². The molecule has 1 aromatic rings. The Kier molecular flexibility index (Phi) is 3.81. The number of carbonyl (C=O) groups excluding carboxylic acids is 3. The lowest BCUT2D eigenvalue weighted by Gasteiger charge is -2.20. The molecule has 0 aliphatic carbocycles. The molecule has 1 fully saturated rings. The minimum Gasteiger partial charge on any atom is -0.349 e. The van der Waals surface area contributed by atoms with Crippen LogP contribution in [0, 0.1) is 17.0 Å². The number of benzene rings is 1. The first-order valence-electron chi connectivity index (χ1n) is 6.40. The van der Waals surface area contributed by atoms with Crippen molar-refractivity contribution in [3.05, 3.63) is 39.4 Å². The van der Waals surface area contributed by atoms with E-state index in [1.165, 1.54) is 25.1 Å². The maximum atomic E-state index is 12.1. The zero-order chi connectivity index (χ0) is 16.5. The van der Waals surface area contributed by atoms with Crippen molar-refractivity contribution < 1.29 is 19.3 Å². The predicted molar refractivity (Wildman–Crippen MR) is 75.2 cm³/mol. The molecular formula is C13H14N4O5. The second kappa shape index (κ2) is 5.43. The standard InChI is InChI=1S/C13H14N4O5/c1-7-3-4-9(17(21)22)8(5-7)10(18)14-6-13(2)11(19)15-12(20)16-13/h3-5H,6H2,1-2H3,(H,14,18)(H2,15,16,19,20). The monoisotopic (exact) mass is 306 g/mol. The van der Waals surface area contributed by atoms with E-state index in [1.54, 1.807) is 6.92 Å². The van der Waals surface area contributed by atoms with Crippen molar-refractivity contribution in [3.63, 3.8) is 0 Å². The fraction of sp³-hybridized carbons (Fsp3) is 0.308. The SMILES string of the molecule is Cc1ccc([N+](=O)[O-])c(C(=O)NCC2(C)NC(=O)NC2=O)c1. The Balaban J connectivity index is 2.17. The van der Waals surface area contributed by atoms with Crippen molar-refractivity contribution in [2.75, 3.05) is 6.54 Å². The first kappa shape index (κ1) is 15.4. The molecule has 1 aliphatic rings. The number of rotatable bonds is 4. The van der Waals surface area contributed by atoms with Gasteiger partial charge in [0.05, 0.1) is 4.92 Å². The number of carbonyl (C=O) groups is 3. The van der Waals surface area contributed by atoms with E-state index in [9.17, 15) is 24.5 Å². The van der Waals surface area contributed by atoms with Crippen molar-refractivity contribution in [2.24, 2.45) is 0 Å². The van der Waals surface area contributed by atoms with Crippen molar-refractivity contribution in [1.29, 1.82) is 0 Å². The largest absolute Gasteiger partial charge is 0.349 e. The van der Waals surface area contributed by atoms with E-state index in [-0.39, 0.29) is 17.8 Å². The highest BCUT2D eigenvalue weighted by Crippen LogP contribution is 2.20. The predicted octanol–water partition coefficient (Wildman–Crippen LogP) is 0.231. The lowest BCUT2D eigenvalue weighted by Crippen LogP contribution is -2.52. The van der Waals surface area contributed by atoms with Gasteiger partial charge in [-0.15, -0.1) is 0 Å². The van der Waals surface area contributed by atoms with Gasteiger partial charge in [-0.25, -0.2) is 4.79 Å². The maximum absolute atomic E-state index is 12.1. The number of aryl methyl sites for hydroxylation is 1. The molecule has 0 bridgehead atoms. The van der Waals surface area contributed by atoms with E-state index in [2.05, 4.69) is 16.0 Å². The number of nitrogens with zero attached hydrogens (tertiary/aromatic N) is 1. The molecule has 3 N–H and O–H groups in total. The molecular weight excluding hydrogens is 292 g/mol. The maximum Gasteiger partial charge on any atom is 0.322 e. The number of nitro groups is 1. The van der Waals surface area contributed by atoms with E-state index in [0.29, 0.717) is 5.56 Å². The highest BCUT2D eigenvalue weighted by molar-refractivity contribution is 6.07. The van der Waals surface area contributed by atoms with Crippen molar-refractivity contribution in [2.45, 2.75) is 19.4 Å². The summed E-state index contributed by atoms with van der Waals surface area (Å²) >= 11 is 0. The third-order valence-corrected chi connectivity index (χ3v) is 3.31. The van der Waals surface area contributed by atoms with Gasteiger partial charge in [-0.3, -0.25) is 25.0 Å². The number of nitro benzene ring substituents is 1. The van der Waals surface area contributed by atoms with Gasteiger partial charge in [-0.1, -0.05) is 6.07 Å². The molecule has 0 saturated carbocycles. The number of nitrogens with one attached hydrogen (secondary N) is 3. The van der Waals surface area contributed by atoms with Crippen LogP contribution in [0.4, 0.5) is 10.5 Å². The highest BCUT2D eigenvalue weighted by atomic mass is 16.6. The van der Waals surface area contributed by atoms with Gasteiger partial charge in [0, 0.05) is 12.6 Å². The number of hydrogen-bond donors (Lipinski definition) is 3. The highest BCUT2D eigenvalue weighted by Gasteiger charge is 2.42. The third-order valence-electron chi connectivity index (χ3n) is 3.31. The Morgan fingerprint density at radius 3 is 2.64 bits per heavy atom. The molecule has 1 saturated heterocycles. The molecule has 2 rings (SSSR count). The summed E-state index contributed by atoms with van der Waals surface area (Å²) in [6, 6.07) is 3.52. The molecule has 4 amide bonds. The minimum atomic E-state index is -1.29. The van der Waals surface area contributed by atoms with E-state index in [0.717, 1.165) is 0 Å². The molecule has 1 aliphatic heterocycles. The van der Waals surface area contributed by atoms with Gasteiger partial charge in [-0.2, -0.15) is 0 Å². The fourth-order valence-electron chi connectivity index (χ4n) is 2.05. The Hall–Kier alpha value is -2.97. The van der Waals surface area contributed by atoms with Gasteiger partial charge in [0.15, 0.2) is 0 Å². The molecule has 1 unspecified atom stereocenters. The number of amides is 4. The summed E-state index contributed by atoms with van der Waals surface area (Å²) in [6.07, 6.45) is 0. The lowest BCUT2D eigenvalue weighted by molar-refractivity contribution is -0.385. The summed E-state index contributed by atoms with van der Waals surface area (Å²) in [4.78, 5) is 45.2. The van der Waals surface area contributed by atoms with E-state index >= 15 is 0 Å². The normalized spacial score (nSPS) is 20.3. The summed E-state index contributed by atoms with van der Waals surface area (Å²) in [6.45, 7) is 2.96. The lowest BCUT2D eigenvalue weighted by atomic mass is 10.0. The van der Waals surface area contributed by atoms with Gasteiger partial charge in [-0.05, 0) is 25.5 Å². The second-order valence-corrected chi connectivity index (χ2v) is 5.20. The van der Waals surface area contributed by atoms with Crippen LogP contribution in [0.2, 0.25) is 0 Å². The van der Waals surface area contributed by atoms with Crippen LogP contribution >= 0.6 is 0 Å². The third kappa shape index (κ3) is 2.87. The van der Waals surface area contributed by atoms with Crippen LogP contribution in [0.15, 0.2) is 18.2 Å². The Morgan fingerprint density at radius 2 is 2.09 bits per heavy atom. The molecule has 0 radical (unpaired) electrons. The minimum absolute atomic E-state index is 0.0988. The van der Waals surface area contributed by atoms with E-state index < -0.39 is 28.3 Å². The molecule has 1 aromatic carbocycles. The van der Waals surface area contributed by atoms with Crippen LogP contribution in [-0.2, 0) is 4.79 Å². The summed E-state index contributed by atoms with van der Waals surface area (Å²) in [7, 11) is 0. The fourth-order valence-corrected chi connectivity index (χ4v) is 2.05. The quantitative estimate of drug-likeness (QED) is 0.416. The molecule has 0 spiro atoms.